The standard InChI is InChI=1S/C22H21N3O3/c26-22(27)16-5-3-15(4-6-16)20-19-12-17-2-1-14(11-18(17)21(19)24-23-20)13-25-7-9-28-10-8-25/h1-6,11H,7-10,12-13H2,(H,23,24)(H,26,27). The van der Waals surface area contributed by atoms with E-state index in [0.29, 0.717) is 0 Å². The van der Waals surface area contributed by atoms with E-state index in [1.54, 1.807) is 12.1 Å². The number of ether oxygens (including phenoxy) is 1. The molecular weight excluding hydrogens is 354 g/mol. The zero-order valence-corrected chi connectivity index (χ0v) is 15.4. The fourth-order valence-corrected chi connectivity index (χ4v) is 4.09. The van der Waals surface area contributed by atoms with Gasteiger partial charge in [-0.25, -0.2) is 4.79 Å². The van der Waals surface area contributed by atoms with Gasteiger partial charge in [0.05, 0.1) is 30.2 Å². The van der Waals surface area contributed by atoms with Crippen molar-refractivity contribution in [3.63, 3.8) is 0 Å². The Balaban J connectivity index is 1.43. The Morgan fingerprint density at radius 1 is 1.14 bits per heavy atom. The van der Waals surface area contributed by atoms with Gasteiger partial charge in [-0.1, -0.05) is 24.3 Å². The van der Waals surface area contributed by atoms with Crippen LogP contribution in [0.2, 0.25) is 0 Å². The van der Waals surface area contributed by atoms with Crippen LogP contribution in [0.1, 0.15) is 27.0 Å². The summed E-state index contributed by atoms with van der Waals surface area (Å²) in [6.45, 7) is 4.49. The van der Waals surface area contributed by atoms with Crippen molar-refractivity contribution in [1.29, 1.82) is 0 Å². The highest BCUT2D eigenvalue weighted by molar-refractivity contribution is 5.88. The van der Waals surface area contributed by atoms with Crippen LogP contribution in [0.3, 0.4) is 0 Å². The molecule has 6 nitrogen and oxygen atoms in total. The van der Waals surface area contributed by atoms with E-state index in [1.165, 1.54) is 22.3 Å². The number of fused-ring (bicyclic) bond motifs is 3. The molecule has 28 heavy (non-hydrogen) atoms. The Morgan fingerprint density at radius 3 is 2.68 bits per heavy atom. The maximum absolute atomic E-state index is 11.1. The number of H-pyrrole nitrogens is 1. The number of carboxylic acid groups (broad SMARTS) is 1. The highest BCUT2D eigenvalue weighted by Crippen LogP contribution is 2.40. The molecule has 2 heterocycles. The third kappa shape index (κ3) is 3.00. The minimum atomic E-state index is -0.918. The van der Waals surface area contributed by atoms with Gasteiger partial charge in [-0.05, 0) is 29.3 Å². The van der Waals surface area contributed by atoms with Crippen molar-refractivity contribution >= 4 is 5.97 Å². The molecule has 2 aliphatic rings. The molecule has 1 aliphatic heterocycles. The van der Waals surface area contributed by atoms with Crippen LogP contribution in [-0.4, -0.2) is 52.5 Å². The van der Waals surface area contributed by atoms with Crippen molar-refractivity contribution < 1.29 is 14.6 Å². The molecular formula is C22H21N3O3. The number of carboxylic acids is 1. The highest BCUT2D eigenvalue weighted by atomic mass is 16.5. The van der Waals surface area contributed by atoms with Crippen LogP contribution in [0.4, 0.5) is 0 Å². The quantitative estimate of drug-likeness (QED) is 0.573. The smallest absolute Gasteiger partial charge is 0.335 e. The molecule has 1 aliphatic carbocycles. The van der Waals surface area contributed by atoms with E-state index in [4.69, 9.17) is 9.84 Å². The molecule has 0 unspecified atom stereocenters. The normalized spacial score (nSPS) is 16.0. The van der Waals surface area contributed by atoms with Crippen LogP contribution in [0.15, 0.2) is 42.5 Å². The summed E-state index contributed by atoms with van der Waals surface area (Å²) < 4.78 is 5.44. The van der Waals surface area contributed by atoms with Crippen molar-refractivity contribution in [2.75, 3.05) is 26.3 Å². The third-order valence-corrected chi connectivity index (χ3v) is 5.59. The van der Waals surface area contributed by atoms with Crippen LogP contribution in [0.25, 0.3) is 22.5 Å². The van der Waals surface area contributed by atoms with Crippen molar-refractivity contribution in [3.05, 3.63) is 64.7 Å². The molecule has 0 atom stereocenters. The summed E-state index contributed by atoms with van der Waals surface area (Å²) in [6.07, 6.45) is 0.842. The van der Waals surface area contributed by atoms with Crippen LogP contribution in [0, 0.1) is 0 Å². The largest absolute Gasteiger partial charge is 0.478 e. The van der Waals surface area contributed by atoms with E-state index in [1.807, 2.05) is 12.1 Å². The van der Waals surface area contributed by atoms with Gasteiger partial charge in [-0.15, -0.1) is 0 Å². The lowest BCUT2D eigenvalue weighted by molar-refractivity contribution is 0.0342. The molecule has 2 aromatic carbocycles. The Morgan fingerprint density at radius 2 is 1.93 bits per heavy atom. The first-order valence-electron chi connectivity index (χ1n) is 9.52. The molecule has 0 bridgehead atoms. The molecule has 142 valence electrons. The number of aromatic nitrogens is 2. The van der Waals surface area contributed by atoms with E-state index < -0.39 is 5.97 Å². The number of aromatic carboxylic acids is 1. The van der Waals surface area contributed by atoms with Crippen LogP contribution in [-0.2, 0) is 17.7 Å². The average Bonchev–Trinajstić information content (AvgIpc) is 3.28. The van der Waals surface area contributed by atoms with E-state index in [2.05, 4.69) is 33.3 Å². The predicted octanol–water partition coefficient (Wildman–Crippen LogP) is 3.18. The molecule has 1 aromatic heterocycles. The Bertz CT molecular complexity index is 1030. The summed E-state index contributed by atoms with van der Waals surface area (Å²) in [5, 5.41) is 16.8. The number of carbonyl (C=O) groups is 1. The van der Waals surface area contributed by atoms with Gasteiger partial charge in [0.2, 0.25) is 0 Å². The molecule has 2 N–H and O–H groups in total. The number of hydrogen-bond donors (Lipinski definition) is 2. The molecule has 6 heteroatoms. The lowest BCUT2D eigenvalue weighted by Crippen LogP contribution is -2.35. The van der Waals surface area contributed by atoms with Gasteiger partial charge in [-0.2, -0.15) is 5.10 Å². The van der Waals surface area contributed by atoms with Gasteiger partial charge in [-0.3, -0.25) is 10.00 Å². The predicted molar refractivity (Wildman–Crippen MR) is 105 cm³/mol. The summed E-state index contributed by atoms with van der Waals surface area (Å²) in [6, 6.07) is 13.6. The number of nitrogens with zero attached hydrogens (tertiary/aromatic N) is 2. The topological polar surface area (TPSA) is 78.4 Å². The lowest BCUT2D eigenvalue weighted by Gasteiger charge is -2.26. The van der Waals surface area contributed by atoms with Crippen molar-refractivity contribution in [1.82, 2.24) is 15.1 Å². The lowest BCUT2D eigenvalue weighted by atomic mass is 10.0. The second-order valence-corrected chi connectivity index (χ2v) is 7.37. The van der Waals surface area contributed by atoms with Crippen LogP contribution < -0.4 is 0 Å². The molecule has 0 radical (unpaired) electrons. The van der Waals surface area contributed by atoms with Gasteiger partial charge >= 0.3 is 5.97 Å². The molecule has 1 fully saturated rings. The maximum atomic E-state index is 11.1. The summed E-state index contributed by atoms with van der Waals surface area (Å²) >= 11 is 0. The van der Waals surface area contributed by atoms with E-state index in [-0.39, 0.29) is 5.56 Å². The van der Waals surface area contributed by atoms with Crippen LogP contribution in [0.5, 0.6) is 0 Å². The molecule has 5 rings (SSSR count). The van der Waals surface area contributed by atoms with Gasteiger partial charge in [0.25, 0.3) is 0 Å². The molecule has 0 amide bonds. The second kappa shape index (κ2) is 6.89. The fraction of sp³-hybridized carbons (Fsp3) is 0.273. The summed E-state index contributed by atoms with van der Waals surface area (Å²) in [4.78, 5) is 13.5. The van der Waals surface area contributed by atoms with E-state index >= 15 is 0 Å². The number of morpholine rings is 1. The summed E-state index contributed by atoms with van der Waals surface area (Å²) in [5.74, 6) is -0.918. The minimum absolute atomic E-state index is 0.284. The molecule has 0 saturated carbocycles. The average molecular weight is 375 g/mol. The van der Waals surface area contributed by atoms with Gasteiger partial charge in [0, 0.05) is 42.7 Å². The Labute approximate surface area is 162 Å². The first-order chi connectivity index (χ1) is 13.7. The fourth-order valence-electron chi connectivity index (χ4n) is 4.09. The van der Waals surface area contributed by atoms with E-state index in [0.717, 1.165) is 56.2 Å². The monoisotopic (exact) mass is 375 g/mol. The molecule has 0 spiro atoms. The highest BCUT2D eigenvalue weighted by Gasteiger charge is 2.25. The Kier molecular flexibility index (Phi) is 4.22. The van der Waals surface area contributed by atoms with Gasteiger partial charge in [0.15, 0.2) is 0 Å². The van der Waals surface area contributed by atoms with Gasteiger partial charge < -0.3 is 9.84 Å². The third-order valence-electron chi connectivity index (χ3n) is 5.59. The maximum Gasteiger partial charge on any atom is 0.335 e. The molecule has 1 saturated heterocycles. The Hall–Kier alpha value is -2.96. The number of aromatic amines is 1. The number of benzene rings is 2. The first-order valence-corrected chi connectivity index (χ1v) is 9.52. The summed E-state index contributed by atoms with van der Waals surface area (Å²) in [7, 11) is 0. The van der Waals surface area contributed by atoms with Crippen molar-refractivity contribution in [2.45, 2.75) is 13.0 Å². The number of rotatable bonds is 4. The van der Waals surface area contributed by atoms with Crippen LogP contribution >= 0.6 is 0 Å². The number of hydrogen-bond acceptors (Lipinski definition) is 4. The minimum Gasteiger partial charge on any atom is -0.478 e. The first kappa shape index (κ1) is 17.2. The zero-order valence-electron chi connectivity index (χ0n) is 15.4. The van der Waals surface area contributed by atoms with Gasteiger partial charge in [0.1, 0.15) is 0 Å². The SMILES string of the molecule is O=C(O)c1ccc(-c2n[nH]c3c2Cc2ccc(CN4CCOCC4)cc2-3)cc1. The zero-order chi connectivity index (χ0) is 19.1. The second-order valence-electron chi connectivity index (χ2n) is 7.37. The number of nitrogens with one attached hydrogen (secondary N) is 1. The summed E-state index contributed by atoms with van der Waals surface area (Å²) in [5.41, 5.74) is 8.21. The van der Waals surface area contributed by atoms with E-state index in [9.17, 15) is 4.79 Å². The molecule has 3 aromatic rings. The van der Waals surface area contributed by atoms with Crippen molar-refractivity contribution in [3.8, 4) is 22.5 Å². The van der Waals surface area contributed by atoms with Crippen molar-refractivity contribution in [2.24, 2.45) is 0 Å².